The lowest BCUT2D eigenvalue weighted by Crippen LogP contribution is -2.06. The molecule has 0 spiro atoms. The highest BCUT2D eigenvalue weighted by Gasteiger charge is 2.20. The normalized spacial score (nSPS) is 11.8. The third-order valence-electron chi connectivity index (χ3n) is 3.81. The summed E-state index contributed by atoms with van der Waals surface area (Å²) >= 11 is 1.52. The Morgan fingerprint density at radius 2 is 2.12 bits per heavy atom. The summed E-state index contributed by atoms with van der Waals surface area (Å²) in [6.07, 6.45) is 4.96. The fourth-order valence-corrected chi connectivity index (χ4v) is 3.64. The molecule has 3 rings (SSSR count). The number of Topliss-reactive ketones (excluding diaryl/α,β-unsaturated/α-hetero) is 1. The second-order valence-electron chi connectivity index (χ2n) is 5.60. The van der Waals surface area contributed by atoms with Gasteiger partial charge in [0, 0.05) is 41.8 Å². The highest BCUT2D eigenvalue weighted by atomic mass is 32.2. The van der Waals surface area contributed by atoms with E-state index in [1.54, 1.807) is 36.7 Å². The molecule has 0 aliphatic rings. The average molecular weight is 368 g/mol. The van der Waals surface area contributed by atoms with Crippen LogP contribution in [0.3, 0.4) is 0 Å². The lowest BCUT2D eigenvalue weighted by Gasteiger charge is -2.16. The van der Waals surface area contributed by atoms with Crippen molar-refractivity contribution in [2.24, 2.45) is 0 Å². The van der Waals surface area contributed by atoms with Gasteiger partial charge >= 0.3 is 0 Å². The number of pyridine rings is 1. The summed E-state index contributed by atoms with van der Waals surface area (Å²) in [5.41, 5.74) is 1.29. The van der Waals surface area contributed by atoms with Gasteiger partial charge in [-0.25, -0.2) is 0 Å². The van der Waals surface area contributed by atoms with Crippen LogP contribution in [0, 0.1) is 10.1 Å². The number of hydrogen-bond acceptors (Lipinski definition) is 6. The second-order valence-corrected chi connectivity index (χ2v) is 6.79. The number of benzene rings is 1. The van der Waals surface area contributed by atoms with E-state index >= 15 is 0 Å². The van der Waals surface area contributed by atoms with Gasteiger partial charge in [-0.15, -0.1) is 11.8 Å². The number of nitrogens with zero attached hydrogens (tertiary/aromatic N) is 2. The van der Waals surface area contributed by atoms with Crippen LogP contribution in [0.15, 0.2) is 71.6 Å². The van der Waals surface area contributed by atoms with Crippen LogP contribution in [0.5, 0.6) is 0 Å². The van der Waals surface area contributed by atoms with Gasteiger partial charge in [0.15, 0.2) is 5.78 Å². The van der Waals surface area contributed by atoms with Gasteiger partial charge in [-0.2, -0.15) is 0 Å². The van der Waals surface area contributed by atoms with Crippen molar-refractivity contribution in [3.8, 4) is 0 Å². The molecule has 2 heterocycles. The molecule has 1 aromatic carbocycles. The molecule has 0 amide bonds. The molecule has 132 valence electrons. The zero-order valence-electron chi connectivity index (χ0n) is 13.8. The van der Waals surface area contributed by atoms with Crippen molar-refractivity contribution >= 4 is 23.2 Å². The first-order valence-corrected chi connectivity index (χ1v) is 9.00. The number of thioether (sulfide) groups is 1. The Labute approximate surface area is 154 Å². The zero-order valence-corrected chi connectivity index (χ0v) is 14.6. The van der Waals surface area contributed by atoms with E-state index < -0.39 is 4.92 Å². The minimum absolute atomic E-state index is 0.0138. The minimum Gasteiger partial charge on any atom is -0.468 e. The standard InChI is InChI=1S/C19H16N2O4S/c22-18(15-5-2-8-20-12-15)11-19(26-13-17-7-3-9-25-17)14-4-1-6-16(10-14)21(23)24/h1-10,12,19H,11,13H2. The number of aromatic nitrogens is 1. The molecule has 2 aromatic heterocycles. The molecule has 0 aliphatic carbocycles. The van der Waals surface area contributed by atoms with E-state index in [4.69, 9.17) is 4.42 Å². The highest BCUT2D eigenvalue weighted by Crippen LogP contribution is 2.36. The van der Waals surface area contributed by atoms with Crippen molar-refractivity contribution in [2.75, 3.05) is 0 Å². The van der Waals surface area contributed by atoms with Crippen LogP contribution >= 0.6 is 11.8 Å². The second kappa shape index (κ2) is 8.44. The molecule has 6 nitrogen and oxygen atoms in total. The number of nitro groups is 1. The third-order valence-corrected chi connectivity index (χ3v) is 5.11. The Balaban J connectivity index is 1.82. The predicted molar refractivity (Wildman–Crippen MR) is 99.0 cm³/mol. The van der Waals surface area contributed by atoms with Crippen molar-refractivity contribution in [3.05, 3.63) is 94.2 Å². The quantitative estimate of drug-likeness (QED) is 0.321. The Morgan fingerprint density at radius 3 is 2.81 bits per heavy atom. The molecule has 1 atom stereocenters. The van der Waals surface area contributed by atoms with E-state index in [1.807, 2.05) is 12.1 Å². The van der Waals surface area contributed by atoms with Crippen LogP contribution in [-0.2, 0) is 5.75 Å². The number of ketones is 1. The van der Waals surface area contributed by atoms with Crippen LogP contribution in [0.25, 0.3) is 0 Å². The molecular formula is C19H16N2O4S. The third kappa shape index (κ3) is 4.58. The molecule has 0 radical (unpaired) electrons. The van der Waals surface area contributed by atoms with Gasteiger partial charge in [0.1, 0.15) is 5.76 Å². The Morgan fingerprint density at radius 1 is 1.23 bits per heavy atom. The smallest absolute Gasteiger partial charge is 0.269 e. The lowest BCUT2D eigenvalue weighted by atomic mass is 10.0. The van der Waals surface area contributed by atoms with Crippen LogP contribution < -0.4 is 0 Å². The molecular weight excluding hydrogens is 352 g/mol. The van der Waals surface area contributed by atoms with Crippen molar-refractivity contribution in [1.29, 1.82) is 0 Å². The van der Waals surface area contributed by atoms with Crippen LogP contribution in [-0.4, -0.2) is 15.7 Å². The number of nitro benzene ring substituents is 1. The first kappa shape index (κ1) is 17.9. The average Bonchev–Trinajstić information content (AvgIpc) is 3.19. The van der Waals surface area contributed by atoms with Crippen LogP contribution in [0.4, 0.5) is 5.69 Å². The van der Waals surface area contributed by atoms with Gasteiger partial charge < -0.3 is 4.42 Å². The molecule has 0 fully saturated rings. The number of rotatable bonds is 8. The van der Waals surface area contributed by atoms with Crippen molar-refractivity contribution in [3.63, 3.8) is 0 Å². The zero-order chi connectivity index (χ0) is 18.4. The van der Waals surface area contributed by atoms with Gasteiger partial charge in [-0.3, -0.25) is 19.9 Å². The van der Waals surface area contributed by atoms with Crippen molar-refractivity contribution < 1.29 is 14.1 Å². The highest BCUT2D eigenvalue weighted by molar-refractivity contribution is 7.98. The molecule has 0 saturated heterocycles. The Bertz CT molecular complexity index is 882. The summed E-state index contributed by atoms with van der Waals surface area (Å²) in [5, 5.41) is 10.8. The number of non-ortho nitro benzene ring substituents is 1. The fourth-order valence-electron chi connectivity index (χ4n) is 2.50. The topological polar surface area (TPSA) is 86.2 Å². The number of carbonyl (C=O) groups is 1. The maximum atomic E-state index is 12.6. The van der Waals surface area contributed by atoms with Crippen LogP contribution in [0.2, 0.25) is 0 Å². The maximum absolute atomic E-state index is 12.6. The van der Waals surface area contributed by atoms with Gasteiger partial charge in [0.25, 0.3) is 5.69 Å². The number of carbonyl (C=O) groups excluding carboxylic acids is 1. The van der Waals surface area contributed by atoms with E-state index in [0.29, 0.717) is 11.3 Å². The first-order valence-electron chi connectivity index (χ1n) is 7.95. The Hall–Kier alpha value is -2.93. The predicted octanol–water partition coefficient (Wildman–Crippen LogP) is 4.83. The molecule has 1 unspecified atom stereocenters. The largest absolute Gasteiger partial charge is 0.468 e. The molecule has 0 saturated carbocycles. The summed E-state index contributed by atoms with van der Waals surface area (Å²) in [6.45, 7) is 0. The molecule has 0 aliphatic heterocycles. The molecule has 0 bridgehead atoms. The summed E-state index contributed by atoms with van der Waals surface area (Å²) in [7, 11) is 0. The summed E-state index contributed by atoms with van der Waals surface area (Å²) in [6, 6.07) is 13.5. The fraction of sp³-hybridized carbons (Fsp3) is 0.158. The molecule has 26 heavy (non-hydrogen) atoms. The minimum atomic E-state index is -0.430. The molecule has 7 heteroatoms. The van der Waals surface area contributed by atoms with E-state index in [9.17, 15) is 14.9 Å². The molecule has 0 N–H and O–H groups in total. The van der Waals surface area contributed by atoms with Gasteiger partial charge in [-0.05, 0) is 29.8 Å². The maximum Gasteiger partial charge on any atom is 0.269 e. The van der Waals surface area contributed by atoms with Crippen molar-refractivity contribution in [1.82, 2.24) is 4.98 Å². The summed E-state index contributed by atoms with van der Waals surface area (Å²) in [5.74, 6) is 1.31. The van der Waals surface area contributed by atoms with Crippen LogP contribution in [0.1, 0.15) is 33.4 Å². The monoisotopic (exact) mass is 368 g/mol. The van der Waals surface area contributed by atoms with E-state index in [2.05, 4.69) is 4.98 Å². The SMILES string of the molecule is O=C(CC(SCc1ccco1)c1cccc([N+](=O)[O-])c1)c1cccnc1. The van der Waals surface area contributed by atoms with E-state index in [-0.39, 0.29) is 23.1 Å². The van der Waals surface area contributed by atoms with E-state index in [0.717, 1.165) is 11.3 Å². The van der Waals surface area contributed by atoms with Gasteiger partial charge in [0.05, 0.1) is 16.9 Å². The van der Waals surface area contributed by atoms with Gasteiger partial charge in [0.2, 0.25) is 0 Å². The number of hydrogen-bond donors (Lipinski definition) is 0. The summed E-state index contributed by atoms with van der Waals surface area (Å²) in [4.78, 5) is 27.2. The number of furan rings is 1. The molecule has 3 aromatic rings. The lowest BCUT2D eigenvalue weighted by molar-refractivity contribution is -0.384. The first-order chi connectivity index (χ1) is 12.6. The van der Waals surface area contributed by atoms with Crippen molar-refractivity contribution in [2.45, 2.75) is 17.4 Å². The van der Waals surface area contributed by atoms with E-state index in [1.165, 1.54) is 30.1 Å². The summed E-state index contributed by atoms with van der Waals surface area (Å²) < 4.78 is 5.35. The van der Waals surface area contributed by atoms with Gasteiger partial charge in [-0.1, -0.05) is 12.1 Å². The Kier molecular flexibility index (Phi) is 5.80.